The highest BCUT2D eigenvalue weighted by Gasteiger charge is 2.25. The third-order valence-electron chi connectivity index (χ3n) is 5.23. The van der Waals surface area contributed by atoms with Crippen LogP contribution < -0.4 is 4.72 Å². The highest BCUT2D eigenvalue weighted by atomic mass is 32.2. The zero-order valence-corrected chi connectivity index (χ0v) is 17.2. The van der Waals surface area contributed by atoms with Crippen molar-refractivity contribution < 1.29 is 17.6 Å². The van der Waals surface area contributed by atoms with E-state index >= 15 is 0 Å². The average molecular weight is 393 g/mol. The summed E-state index contributed by atoms with van der Waals surface area (Å²) in [5.74, 6) is 0.469. The SMILES string of the molecule is Cc1cc2occ(CC(=O)N3CCC(NS(C)(=O)=O)CC3)c2cc1C(C)C. The van der Waals surface area contributed by atoms with E-state index in [2.05, 4.69) is 31.6 Å². The summed E-state index contributed by atoms with van der Waals surface area (Å²) in [6.07, 6.45) is 4.44. The molecule has 0 atom stereocenters. The van der Waals surface area contributed by atoms with Gasteiger partial charge in [-0.15, -0.1) is 0 Å². The van der Waals surface area contributed by atoms with Crippen LogP contribution in [-0.4, -0.2) is 44.6 Å². The average Bonchev–Trinajstić information content (AvgIpc) is 2.94. The van der Waals surface area contributed by atoms with Crippen LogP contribution >= 0.6 is 0 Å². The van der Waals surface area contributed by atoms with Crippen molar-refractivity contribution >= 4 is 26.9 Å². The number of amides is 1. The first-order valence-electron chi connectivity index (χ1n) is 9.39. The van der Waals surface area contributed by atoms with Crippen LogP contribution in [0.5, 0.6) is 0 Å². The molecule has 0 radical (unpaired) electrons. The molecule has 1 aliphatic rings. The summed E-state index contributed by atoms with van der Waals surface area (Å²) in [6.45, 7) is 7.54. The molecular weight excluding hydrogens is 364 g/mol. The molecule has 1 aliphatic heterocycles. The number of sulfonamides is 1. The summed E-state index contributed by atoms with van der Waals surface area (Å²) >= 11 is 0. The lowest BCUT2D eigenvalue weighted by Crippen LogP contribution is -2.46. The highest BCUT2D eigenvalue weighted by molar-refractivity contribution is 7.88. The lowest BCUT2D eigenvalue weighted by molar-refractivity contribution is -0.131. The third-order valence-corrected chi connectivity index (χ3v) is 6.00. The van der Waals surface area contributed by atoms with E-state index in [1.165, 1.54) is 17.4 Å². The van der Waals surface area contributed by atoms with Crippen LogP contribution in [0.2, 0.25) is 0 Å². The molecule has 1 fully saturated rings. The quantitative estimate of drug-likeness (QED) is 0.848. The lowest BCUT2D eigenvalue weighted by Gasteiger charge is -2.32. The van der Waals surface area contributed by atoms with Gasteiger partial charge in [0.15, 0.2) is 0 Å². The van der Waals surface area contributed by atoms with Gasteiger partial charge >= 0.3 is 0 Å². The Morgan fingerprint density at radius 1 is 1.30 bits per heavy atom. The Labute approximate surface area is 161 Å². The number of rotatable bonds is 5. The Kier molecular flexibility index (Phi) is 5.63. The lowest BCUT2D eigenvalue weighted by atomic mass is 9.95. The molecule has 6 nitrogen and oxygen atoms in total. The van der Waals surface area contributed by atoms with Gasteiger partial charge < -0.3 is 9.32 Å². The first-order chi connectivity index (χ1) is 12.6. The van der Waals surface area contributed by atoms with Crippen LogP contribution in [0.4, 0.5) is 0 Å². The highest BCUT2D eigenvalue weighted by Crippen LogP contribution is 2.29. The summed E-state index contributed by atoms with van der Waals surface area (Å²) in [6, 6.07) is 4.10. The predicted molar refractivity (Wildman–Crippen MR) is 106 cm³/mol. The number of carbonyl (C=O) groups excluding carboxylic acids is 1. The van der Waals surface area contributed by atoms with Crippen LogP contribution in [0.25, 0.3) is 11.0 Å². The van der Waals surface area contributed by atoms with E-state index in [9.17, 15) is 13.2 Å². The van der Waals surface area contributed by atoms with Crippen LogP contribution in [0.3, 0.4) is 0 Å². The zero-order valence-electron chi connectivity index (χ0n) is 16.4. The number of hydrogen-bond acceptors (Lipinski definition) is 4. The fourth-order valence-electron chi connectivity index (χ4n) is 3.83. The number of furan rings is 1. The van der Waals surface area contributed by atoms with Gasteiger partial charge in [-0.3, -0.25) is 4.79 Å². The molecule has 7 heteroatoms. The van der Waals surface area contributed by atoms with Crippen molar-refractivity contribution in [2.45, 2.75) is 52.0 Å². The number of fused-ring (bicyclic) bond motifs is 1. The third kappa shape index (κ3) is 4.71. The maximum atomic E-state index is 12.7. The summed E-state index contributed by atoms with van der Waals surface area (Å²) in [7, 11) is -3.21. The van der Waals surface area contributed by atoms with Gasteiger partial charge in [0.25, 0.3) is 0 Å². The van der Waals surface area contributed by atoms with Crippen molar-refractivity contribution in [2.24, 2.45) is 0 Å². The van der Waals surface area contributed by atoms with Gasteiger partial charge in [-0.1, -0.05) is 13.8 Å². The second-order valence-electron chi connectivity index (χ2n) is 7.84. The number of carbonyl (C=O) groups is 1. The molecular formula is C20H28N2O4S. The molecule has 1 aromatic heterocycles. The molecule has 27 heavy (non-hydrogen) atoms. The van der Waals surface area contributed by atoms with Crippen molar-refractivity contribution in [3.8, 4) is 0 Å². The molecule has 1 amide bonds. The Balaban J connectivity index is 1.69. The molecule has 2 aromatic rings. The fourth-order valence-corrected chi connectivity index (χ4v) is 4.67. The van der Waals surface area contributed by atoms with E-state index < -0.39 is 10.0 Å². The van der Waals surface area contributed by atoms with Crippen molar-refractivity contribution in [2.75, 3.05) is 19.3 Å². The summed E-state index contributed by atoms with van der Waals surface area (Å²) in [5, 5.41) is 1.01. The standard InChI is InChI=1S/C20H28N2O4S/c1-13(2)17-11-18-15(12-26-19(18)9-14(17)3)10-20(23)22-7-5-16(6-8-22)21-27(4,24)25/h9,11-13,16,21H,5-8,10H2,1-4H3. The first kappa shape index (κ1) is 19.9. The zero-order chi connectivity index (χ0) is 19.8. The summed E-state index contributed by atoms with van der Waals surface area (Å²) in [5.41, 5.74) is 4.19. The molecule has 1 saturated heterocycles. The van der Waals surface area contributed by atoms with Gasteiger partial charge in [0.1, 0.15) is 5.58 Å². The van der Waals surface area contributed by atoms with Crippen molar-refractivity contribution in [1.29, 1.82) is 0 Å². The second kappa shape index (κ2) is 7.64. The number of benzene rings is 1. The maximum absolute atomic E-state index is 12.7. The Morgan fingerprint density at radius 3 is 2.56 bits per heavy atom. The summed E-state index contributed by atoms with van der Waals surface area (Å²) < 4.78 is 31.0. The molecule has 0 aliphatic carbocycles. The predicted octanol–water partition coefficient (Wildman–Crippen LogP) is 2.95. The topological polar surface area (TPSA) is 79.6 Å². The minimum Gasteiger partial charge on any atom is -0.464 e. The molecule has 1 N–H and O–H groups in total. The van der Waals surface area contributed by atoms with E-state index in [0.717, 1.165) is 16.5 Å². The van der Waals surface area contributed by atoms with Gasteiger partial charge in [-0.2, -0.15) is 0 Å². The summed E-state index contributed by atoms with van der Waals surface area (Å²) in [4.78, 5) is 14.5. The minimum atomic E-state index is -3.21. The van der Waals surface area contributed by atoms with Gasteiger partial charge in [0.2, 0.25) is 15.9 Å². The van der Waals surface area contributed by atoms with Crippen LogP contribution in [-0.2, 0) is 21.2 Å². The van der Waals surface area contributed by atoms with E-state index in [-0.39, 0.29) is 11.9 Å². The monoisotopic (exact) mass is 392 g/mol. The molecule has 0 spiro atoms. The largest absolute Gasteiger partial charge is 0.464 e. The van der Waals surface area contributed by atoms with E-state index in [4.69, 9.17) is 4.42 Å². The molecule has 3 rings (SSSR count). The van der Waals surface area contributed by atoms with Gasteiger partial charge in [-0.25, -0.2) is 13.1 Å². The van der Waals surface area contributed by atoms with E-state index in [1.807, 2.05) is 11.0 Å². The smallest absolute Gasteiger partial charge is 0.227 e. The van der Waals surface area contributed by atoms with Crippen molar-refractivity contribution in [1.82, 2.24) is 9.62 Å². The molecule has 0 bridgehead atoms. The number of piperidine rings is 1. The molecule has 0 saturated carbocycles. The molecule has 0 unspecified atom stereocenters. The van der Waals surface area contributed by atoms with Gasteiger partial charge in [-0.05, 0) is 48.9 Å². The first-order valence-corrected chi connectivity index (χ1v) is 11.3. The molecule has 2 heterocycles. The molecule has 1 aromatic carbocycles. The number of hydrogen-bond donors (Lipinski definition) is 1. The number of nitrogens with zero attached hydrogens (tertiary/aromatic N) is 1. The second-order valence-corrected chi connectivity index (χ2v) is 9.62. The Morgan fingerprint density at radius 2 is 1.96 bits per heavy atom. The van der Waals surface area contributed by atoms with Gasteiger partial charge in [0.05, 0.1) is 18.9 Å². The Bertz CT molecular complexity index is 938. The minimum absolute atomic E-state index is 0.0576. The van der Waals surface area contributed by atoms with E-state index in [0.29, 0.717) is 38.3 Å². The van der Waals surface area contributed by atoms with Crippen LogP contribution in [0, 0.1) is 6.92 Å². The van der Waals surface area contributed by atoms with Gasteiger partial charge in [0, 0.05) is 30.1 Å². The van der Waals surface area contributed by atoms with Crippen molar-refractivity contribution in [3.63, 3.8) is 0 Å². The molecule has 148 valence electrons. The number of aryl methyl sites for hydroxylation is 1. The number of nitrogens with one attached hydrogen (secondary N) is 1. The van der Waals surface area contributed by atoms with Crippen molar-refractivity contribution in [3.05, 3.63) is 35.1 Å². The van der Waals surface area contributed by atoms with Crippen LogP contribution in [0.15, 0.2) is 22.8 Å². The normalized spacial score (nSPS) is 16.4. The number of likely N-dealkylation sites (tertiary alicyclic amines) is 1. The van der Waals surface area contributed by atoms with Crippen LogP contribution in [0.1, 0.15) is 49.3 Å². The fraction of sp³-hybridized carbons (Fsp3) is 0.550. The van der Waals surface area contributed by atoms with E-state index in [1.54, 1.807) is 6.26 Å². The maximum Gasteiger partial charge on any atom is 0.227 e. The Hall–Kier alpha value is -1.86.